The van der Waals surface area contributed by atoms with E-state index in [4.69, 9.17) is 11.0 Å². The number of anilines is 1. The van der Waals surface area contributed by atoms with Crippen molar-refractivity contribution in [2.24, 2.45) is 11.7 Å². The van der Waals surface area contributed by atoms with Crippen molar-refractivity contribution >= 4 is 17.4 Å². The number of aromatic nitrogens is 4. The molecule has 0 atom stereocenters. The predicted octanol–water partition coefficient (Wildman–Crippen LogP) is 2.91. The van der Waals surface area contributed by atoms with Gasteiger partial charge < -0.3 is 11.1 Å². The van der Waals surface area contributed by atoms with Gasteiger partial charge in [-0.1, -0.05) is 0 Å². The standard InChI is InChI=1S/C20H20FN7O/c21-13-3-6-17-24-10-16(28(17)11-13)20-25-9-15(18(23)29)19(27-20)26-14-4-1-12(2-5-14)7-8-22/h3,6,9-12,14H,1-2,4-5,7H2,(H2,23,29)(H,25,26,27)/t12-,14-. The Hall–Kier alpha value is -3.54. The molecule has 8 nitrogen and oxygen atoms in total. The van der Waals surface area contributed by atoms with Crippen LogP contribution in [0.15, 0.2) is 30.7 Å². The Morgan fingerprint density at radius 1 is 1.28 bits per heavy atom. The van der Waals surface area contributed by atoms with Crippen LogP contribution in [-0.2, 0) is 0 Å². The van der Waals surface area contributed by atoms with Crippen LogP contribution in [0.25, 0.3) is 17.2 Å². The molecule has 0 saturated heterocycles. The highest BCUT2D eigenvalue weighted by molar-refractivity contribution is 5.97. The fraction of sp³-hybridized carbons (Fsp3) is 0.350. The van der Waals surface area contributed by atoms with Crippen molar-refractivity contribution < 1.29 is 9.18 Å². The van der Waals surface area contributed by atoms with Crippen molar-refractivity contribution in [3.63, 3.8) is 0 Å². The second-order valence-electron chi connectivity index (χ2n) is 7.26. The molecule has 0 aromatic carbocycles. The molecule has 3 aromatic rings. The molecule has 29 heavy (non-hydrogen) atoms. The zero-order valence-corrected chi connectivity index (χ0v) is 15.7. The Morgan fingerprint density at radius 3 is 2.79 bits per heavy atom. The van der Waals surface area contributed by atoms with Crippen molar-refractivity contribution in [2.45, 2.75) is 38.1 Å². The number of halogens is 1. The fourth-order valence-electron chi connectivity index (χ4n) is 3.75. The van der Waals surface area contributed by atoms with E-state index in [1.165, 1.54) is 18.5 Å². The molecule has 9 heteroatoms. The average Bonchev–Trinajstić information content (AvgIpc) is 3.12. The van der Waals surface area contributed by atoms with E-state index in [1.807, 2.05) is 0 Å². The van der Waals surface area contributed by atoms with E-state index >= 15 is 0 Å². The highest BCUT2D eigenvalue weighted by Crippen LogP contribution is 2.29. The molecule has 0 aliphatic heterocycles. The van der Waals surface area contributed by atoms with Gasteiger partial charge in [0.2, 0.25) is 0 Å². The van der Waals surface area contributed by atoms with Gasteiger partial charge >= 0.3 is 0 Å². The lowest BCUT2D eigenvalue weighted by atomic mass is 9.84. The van der Waals surface area contributed by atoms with Crippen LogP contribution in [0.1, 0.15) is 42.5 Å². The maximum Gasteiger partial charge on any atom is 0.254 e. The van der Waals surface area contributed by atoms with Gasteiger partial charge in [0, 0.05) is 24.9 Å². The van der Waals surface area contributed by atoms with Gasteiger partial charge in [-0.25, -0.2) is 19.3 Å². The molecule has 0 spiro atoms. The Morgan fingerprint density at radius 2 is 2.07 bits per heavy atom. The minimum atomic E-state index is -0.624. The van der Waals surface area contributed by atoms with Gasteiger partial charge in [0.15, 0.2) is 5.82 Å². The number of fused-ring (bicyclic) bond motifs is 1. The minimum Gasteiger partial charge on any atom is -0.367 e. The predicted molar refractivity (Wildman–Crippen MR) is 104 cm³/mol. The zero-order chi connectivity index (χ0) is 20.4. The number of hydrogen-bond donors (Lipinski definition) is 2. The first-order valence-corrected chi connectivity index (χ1v) is 9.48. The van der Waals surface area contributed by atoms with E-state index in [0.717, 1.165) is 25.7 Å². The number of amides is 1. The van der Waals surface area contributed by atoms with Crippen LogP contribution < -0.4 is 11.1 Å². The van der Waals surface area contributed by atoms with Crippen LogP contribution in [-0.4, -0.2) is 31.3 Å². The maximum absolute atomic E-state index is 13.7. The summed E-state index contributed by atoms with van der Waals surface area (Å²) in [6.45, 7) is 0. The molecule has 3 heterocycles. The van der Waals surface area contributed by atoms with E-state index in [2.05, 4.69) is 26.3 Å². The van der Waals surface area contributed by atoms with Gasteiger partial charge in [-0.2, -0.15) is 5.26 Å². The van der Waals surface area contributed by atoms with E-state index in [1.54, 1.807) is 16.7 Å². The summed E-state index contributed by atoms with van der Waals surface area (Å²) in [6, 6.07) is 5.26. The van der Waals surface area contributed by atoms with Crippen LogP contribution in [0.5, 0.6) is 0 Å². The molecule has 3 N–H and O–H groups in total. The second-order valence-corrected chi connectivity index (χ2v) is 7.26. The van der Waals surface area contributed by atoms with Crippen LogP contribution in [0.2, 0.25) is 0 Å². The van der Waals surface area contributed by atoms with Gasteiger partial charge in [-0.15, -0.1) is 0 Å². The molecule has 148 valence electrons. The Kier molecular flexibility index (Phi) is 5.08. The molecule has 0 radical (unpaired) electrons. The summed E-state index contributed by atoms with van der Waals surface area (Å²) in [7, 11) is 0. The lowest BCUT2D eigenvalue weighted by Crippen LogP contribution is -2.28. The summed E-state index contributed by atoms with van der Waals surface area (Å²) in [6.07, 6.45) is 8.48. The number of nitrogens with zero attached hydrogens (tertiary/aromatic N) is 5. The zero-order valence-electron chi connectivity index (χ0n) is 15.7. The number of hydrogen-bond acceptors (Lipinski definition) is 6. The fourth-order valence-corrected chi connectivity index (χ4v) is 3.75. The van der Waals surface area contributed by atoms with E-state index in [0.29, 0.717) is 35.3 Å². The number of rotatable bonds is 5. The number of imidazole rings is 1. The monoisotopic (exact) mass is 393 g/mol. The molecule has 1 amide bonds. The molecule has 1 aliphatic rings. The summed E-state index contributed by atoms with van der Waals surface area (Å²) in [5.41, 5.74) is 6.77. The minimum absolute atomic E-state index is 0.130. The molecule has 1 aliphatic carbocycles. The summed E-state index contributed by atoms with van der Waals surface area (Å²) in [5.74, 6) is 0.0633. The number of nitriles is 1. The summed E-state index contributed by atoms with van der Waals surface area (Å²) < 4.78 is 15.2. The largest absolute Gasteiger partial charge is 0.367 e. The molecule has 0 bridgehead atoms. The number of nitrogens with two attached hydrogens (primary N) is 1. The number of nitrogens with one attached hydrogen (secondary N) is 1. The lowest BCUT2D eigenvalue weighted by molar-refractivity contribution is 0.100. The summed E-state index contributed by atoms with van der Waals surface area (Å²) in [5, 5.41) is 12.2. The lowest BCUT2D eigenvalue weighted by Gasteiger charge is -2.28. The Balaban J connectivity index is 1.64. The maximum atomic E-state index is 13.7. The Labute approximate surface area is 166 Å². The third-order valence-electron chi connectivity index (χ3n) is 5.32. The van der Waals surface area contributed by atoms with Crippen molar-refractivity contribution in [3.8, 4) is 17.6 Å². The van der Waals surface area contributed by atoms with Crippen LogP contribution in [0.3, 0.4) is 0 Å². The summed E-state index contributed by atoms with van der Waals surface area (Å²) >= 11 is 0. The van der Waals surface area contributed by atoms with Crippen molar-refractivity contribution in [2.75, 3.05) is 5.32 Å². The smallest absolute Gasteiger partial charge is 0.254 e. The molecule has 1 fully saturated rings. The first-order chi connectivity index (χ1) is 14.0. The van der Waals surface area contributed by atoms with Crippen LogP contribution >= 0.6 is 0 Å². The quantitative estimate of drug-likeness (QED) is 0.687. The van der Waals surface area contributed by atoms with Crippen LogP contribution in [0.4, 0.5) is 10.2 Å². The second kappa shape index (κ2) is 7.83. The highest BCUT2D eigenvalue weighted by atomic mass is 19.1. The number of carbonyl (C=O) groups excluding carboxylic acids is 1. The first-order valence-electron chi connectivity index (χ1n) is 9.48. The molecule has 4 rings (SSSR count). The number of primary amides is 1. The molecule has 0 unspecified atom stereocenters. The van der Waals surface area contributed by atoms with Crippen molar-refractivity contribution in [1.82, 2.24) is 19.4 Å². The van der Waals surface area contributed by atoms with Gasteiger partial charge in [-0.3, -0.25) is 9.20 Å². The Bertz CT molecular complexity index is 1100. The molecule has 1 saturated carbocycles. The normalized spacial score (nSPS) is 19.0. The van der Waals surface area contributed by atoms with E-state index in [9.17, 15) is 9.18 Å². The van der Waals surface area contributed by atoms with E-state index < -0.39 is 11.7 Å². The third-order valence-corrected chi connectivity index (χ3v) is 5.32. The van der Waals surface area contributed by atoms with Gasteiger partial charge in [0.1, 0.15) is 23.0 Å². The summed E-state index contributed by atoms with van der Waals surface area (Å²) in [4.78, 5) is 24.8. The van der Waals surface area contributed by atoms with Gasteiger partial charge in [0.25, 0.3) is 5.91 Å². The first kappa shape index (κ1) is 18.8. The van der Waals surface area contributed by atoms with Crippen molar-refractivity contribution in [1.29, 1.82) is 5.26 Å². The van der Waals surface area contributed by atoms with Gasteiger partial charge in [0.05, 0.1) is 17.8 Å². The number of pyridine rings is 1. The average molecular weight is 393 g/mol. The third kappa shape index (κ3) is 3.87. The van der Waals surface area contributed by atoms with E-state index in [-0.39, 0.29) is 11.6 Å². The topological polar surface area (TPSA) is 122 Å². The van der Waals surface area contributed by atoms with Crippen LogP contribution in [0, 0.1) is 23.1 Å². The SMILES string of the molecule is N#CC[C@H]1CC[C@H](Nc2nc(-c3cnc4ccc(F)cn34)ncc2C(N)=O)CC1. The molecular weight excluding hydrogens is 373 g/mol. The molecule has 3 aromatic heterocycles. The highest BCUT2D eigenvalue weighted by Gasteiger charge is 2.23. The number of carbonyl (C=O) groups is 1. The van der Waals surface area contributed by atoms with Gasteiger partial charge in [-0.05, 0) is 43.7 Å². The molecular formula is C20H20FN7O. The van der Waals surface area contributed by atoms with Crippen molar-refractivity contribution in [3.05, 3.63) is 42.1 Å².